The van der Waals surface area contributed by atoms with Crippen LogP contribution in [0.5, 0.6) is 5.75 Å². The fourth-order valence-corrected chi connectivity index (χ4v) is 5.62. The molecule has 0 aliphatic rings. The molecule has 9 nitrogen and oxygen atoms in total. The number of carboxylic acid groups (broad SMARTS) is 1. The first-order chi connectivity index (χ1) is 19.0. The summed E-state index contributed by atoms with van der Waals surface area (Å²) in [6.07, 6.45) is 0.864. The predicted octanol–water partition coefficient (Wildman–Crippen LogP) is 5.84. The molecule has 0 radical (unpaired) electrons. The molecular weight excluding hydrogens is 532 g/mol. The summed E-state index contributed by atoms with van der Waals surface area (Å²) in [6, 6.07) is 17.5. The van der Waals surface area contributed by atoms with Crippen LogP contribution in [0.15, 0.2) is 76.0 Å². The number of hydrogen-bond donors (Lipinski definition) is 3. The van der Waals surface area contributed by atoms with E-state index in [1.807, 2.05) is 26.0 Å². The first-order valence-corrected chi connectivity index (χ1v) is 14.4. The molecular formula is C30H32N2O7S. The highest BCUT2D eigenvalue weighted by atomic mass is 32.2. The summed E-state index contributed by atoms with van der Waals surface area (Å²) in [5.41, 5.74) is 3.40. The normalized spacial score (nSPS) is 12.4. The van der Waals surface area contributed by atoms with E-state index >= 15 is 0 Å². The fraction of sp³-hybridized carbons (Fsp3) is 0.267. The Kier molecular flexibility index (Phi) is 8.61. The van der Waals surface area contributed by atoms with Crippen molar-refractivity contribution in [3.8, 4) is 16.9 Å². The number of carboxylic acids is 1. The highest BCUT2D eigenvalue weighted by Crippen LogP contribution is 2.34. The lowest BCUT2D eigenvalue weighted by Crippen LogP contribution is -2.44. The van der Waals surface area contributed by atoms with Gasteiger partial charge in [-0.3, -0.25) is 9.59 Å². The molecule has 0 spiro atoms. The number of aliphatic carboxylic acids is 1. The van der Waals surface area contributed by atoms with Gasteiger partial charge in [0.25, 0.3) is 5.91 Å². The lowest BCUT2D eigenvalue weighted by Gasteiger charge is -2.18. The van der Waals surface area contributed by atoms with E-state index in [1.165, 1.54) is 12.1 Å². The lowest BCUT2D eigenvalue weighted by atomic mass is 10.1. The second-order valence-corrected chi connectivity index (χ2v) is 11.5. The number of ether oxygens (including phenoxy) is 1. The Morgan fingerprint density at radius 3 is 2.17 bits per heavy atom. The van der Waals surface area contributed by atoms with Crippen LogP contribution in [-0.2, 0) is 14.8 Å². The number of benzene rings is 3. The Labute approximate surface area is 233 Å². The van der Waals surface area contributed by atoms with Crippen LogP contribution in [0.3, 0.4) is 0 Å². The standard InChI is InChI=1S/C30H32N2O7S/c1-5-17-38-24-7-6-8-25-26(24)19(4)28(39-25)29(33)31-22-13-9-20(10-14-22)21-11-15-23(16-12-21)40(36,37)32-27(18(2)3)30(34)35/h6-16,18,27,32H,5,17H2,1-4H3,(H,31,33)(H,34,35)/t27-/m0/s1. The van der Waals surface area contributed by atoms with Crippen molar-refractivity contribution in [2.24, 2.45) is 5.92 Å². The summed E-state index contributed by atoms with van der Waals surface area (Å²) in [5.74, 6) is -1.15. The minimum atomic E-state index is -4.01. The van der Waals surface area contributed by atoms with Crippen molar-refractivity contribution < 1.29 is 32.3 Å². The van der Waals surface area contributed by atoms with Gasteiger partial charge in [0.05, 0.1) is 16.9 Å². The average molecular weight is 565 g/mol. The number of fused-ring (bicyclic) bond motifs is 1. The molecule has 0 saturated heterocycles. The van der Waals surface area contributed by atoms with Crippen LogP contribution in [0.1, 0.15) is 43.3 Å². The van der Waals surface area contributed by atoms with E-state index in [-0.39, 0.29) is 16.6 Å². The van der Waals surface area contributed by atoms with Crippen molar-refractivity contribution in [3.63, 3.8) is 0 Å². The second-order valence-electron chi connectivity index (χ2n) is 9.77. The molecule has 0 aliphatic heterocycles. The molecule has 0 saturated carbocycles. The quantitative estimate of drug-likeness (QED) is 0.208. The highest BCUT2D eigenvalue weighted by Gasteiger charge is 2.28. The van der Waals surface area contributed by atoms with Gasteiger partial charge in [-0.1, -0.05) is 51.1 Å². The number of rotatable bonds is 11. The van der Waals surface area contributed by atoms with E-state index in [0.29, 0.717) is 29.2 Å². The van der Waals surface area contributed by atoms with Crippen LogP contribution >= 0.6 is 0 Å². The number of aryl methyl sites for hydroxylation is 1. The number of carbonyl (C=O) groups is 2. The van der Waals surface area contributed by atoms with Gasteiger partial charge in [-0.05, 0) is 66.8 Å². The maximum Gasteiger partial charge on any atom is 0.322 e. The van der Waals surface area contributed by atoms with Gasteiger partial charge in [-0.15, -0.1) is 0 Å². The molecule has 1 aromatic heterocycles. The first kappa shape index (κ1) is 28.8. The van der Waals surface area contributed by atoms with Crippen LogP contribution < -0.4 is 14.8 Å². The summed E-state index contributed by atoms with van der Waals surface area (Å²) in [4.78, 5) is 24.4. The first-order valence-electron chi connectivity index (χ1n) is 12.9. The van der Waals surface area contributed by atoms with Gasteiger partial charge >= 0.3 is 5.97 Å². The highest BCUT2D eigenvalue weighted by molar-refractivity contribution is 7.89. The van der Waals surface area contributed by atoms with Crippen molar-refractivity contribution in [1.29, 1.82) is 0 Å². The molecule has 0 aliphatic carbocycles. The van der Waals surface area contributed by atoms with Crippen molar-refractivity contribution in [2.75, 3.05) is 11.9 Å². The summed E-state index contributed by atoms with van der Waals surface area (Å²) >= 11 is 0. The maximum absolute atomic E-state index is 13.0. The predicted molar refractivity (Wildman–Crippen MR) is 153 cm³/mol. The summed E-state index contributed by atoms with van der Waals surface area (Å²) in [7, 11) is -4.01. The Balaban J connectivity index is 1.48. The largest absolute Gasteiger partial charge is 0.493 e. The van der Waals surface area contributed by atoms with Gasteiger partial charge in [0.15, 0.2) is 5.76 Å². The third-order valence-corrected chi connectivity index (χ3v) is 7.90. The fourth-order valence-electron chi connectivity index (χ4n) is 4.28. The van der Waals surface area contributed by atoms with Gasteiger partial charge in [-0.25, -0.2) is 8.42 Å². The Morgan fingerprint density at radius 1 is 0.975 bits per heavy atom. The molecule has 4 aromatic rings. The number of sulfonamides is 1. The van der Waals surface area contributed by atoms with Gasteiger partial charge in [0.2, 0.25) is 10.0 Å². The Hall–Kier alpha value is -4.15. The monoisotopic (exact) mass is 564 g/mol. The van der Waals surface area contributed by atoms with Crippen molar-refractivity contribution in [1.82, 2.24) is 4.72 Å². The summed E-state index contributed by atoms with van der Waals surface area (Å²) in [5, 5.41) is 12.9. The van der Waals surface area contributed by atoms with Crippen LogP contribution in [0.4, 0.5) is 5.69 Å². The molecule has 0 unspecified atom stereocenters. The van der Waals surface area contributed by atoms with Gasteiger partial charge in [-0.2, -0.15) is 4.72 Å². The molecule has 0 bridgehead atoms. The van der Waals surface area contributed by atoms with E-state index in [1.54, 1.807) is 56.3 Å². The smallest absolute Gasteiger partial charge is 0.322 e. The van der Waals surface area contributed by atoms with Crippen LogP contribution in [0, 0.1) is 12.8 Å². The molecule has 3 aromatic carbocycles. The summed E-state index contributed by atoms with van der Waals surface area (Å²) < 4.78 is 39.3. The molecule has 0 fully saturated rings. The van der Waals surface area contributed by atoms with Gasteiger partial charge in [0.1, 0.15) is 17.4 Å². The zero-order valence-corrected chi connectivity index (χ0v) is 23.5. The second kappa shape index (κ2) is 11.9. The lowest BCUT2D eigenvalue weighted by molar-refractivity contribution is -0.140. The minimum Gasteiger partial charge on any atom is -0.493 e. The van der Waals surface area contributed by atoms with E-state index in [2.05, 4.69) is 10.0 Å². The van der Waals surface area contributed by atoms with E-state index < -0.39 is 28.0 Å². The molecule has 4 rings (SSSR count). The third kappa shape index (κ3) is 6.19. The topological polar surface area (TPSA) is 135 Å². The summed E-state index contributed by atoms with van der Waals surface area (Å²) in [6.45, 7) is 7.68. The molecule has 3 N–H and O–H groups in total. The molecule has 210 valence electrons. The number of amides is 1. The van der Waals surface area contributed by atoms with Crippen LogP contribution in [0.25, 0.3) is 22.1 Å². The van der Waals surface area contributed by atoms with E-state index in [0.717, 1.165) is 22.9 Å². The molecule has 1 heterocycles. The SMILES string of the molecule is CCCOc1cccc2oc(C(=O)Nc3ccc(-c4ccc(S(=O)(=O)N[C@H](C(=O)O)C(C)C)cc4)cc3)c(C)c12. The number of nitrogens with one attached hydrogen (secondary N) is 2. The van der Waals surface area contributed by atoms with E-state index in [9.17, 15) is 23.1 Å². The van der Waals surface area contributed by atoms with Crippen LogP contribution in [0.2, 0.25) is 0 Å². The van der Waals surface area contributed by atoms with Crippen molar-refractivity contribution >= 4 is 38.6 Å². The number of hydrogen-bond acceptors (Lipinski definition) is 6. The molecule has 40 heavy (non-hydrogen) atoms. The van der Waals surface area contributed by atoms with Crippen molar-refractivity contribution in [3.05, 3.63) is 78.1 Å². The number of furan rings is 1. The van der Waals surface area contributed by atoms with Crippen LogP contribution in [-0.4, -0.2) is 38.0 Å². The van der Waals surface area contributed by atoms with E-state index in [4.69, 9.17) is 9.15 Å². The zero-order chi connectivity index (χ0) is 29.0. The van der Waals surface area contributed by atoms with Gasteiger partial charge in [0, 0.05) is 11.3 Å². The average Bonchev–Trinajstić information content (AvgIpc) is 3.28. The Morgan fingerprint density at radius 2 is 1.60 bits per heavy atom. The zero-order valence-electron chi connectivity index (χ0n) is 22.7. The third-order valence-electron chi connectivity index (χ3n) is 6.44. The number of carbonyl (C=O) groups excluding carboxylic acids is 1. The minimum absolute atomic E-state index is 0.0310. The number of anilines is 1. The van der Waals surface area contributed by atoms with Crippen molar-refractivity contribution in [2.45, 2.75) is 45.1 Å². The maximum atomic E-state index is 13.0. The molecule has 10 heteroatoms. The van der Waals surface area contributed by atoms with Gasteiger partial charge < -0.3 is 19.6 Å². The Bertz CT molecular complexity index is 1620. The molecule has 1 atom stereocenters. The molecule has 1 amide bonds.